The van der Waals surface area contributed by atoms with Gasteiger partial charge in [0, 0.05) is 19.1 Å². The number of rotatable bonds is 8. The van der Waals surface area contributed by atoms with Crippen LogP contribution < -0.4 is 10.1 Å². The zero-order valence-corrected chi connectivity index (χ0v) is 13.8. The fraction of sp³-hybridized carbons (Fsp3) is 0.667. The van der Waals surface area contributed by atoms with Gasteiger partial charge >= 0.3 is 0 Å². The maximum atomic E-state index is 5.21. The Kier molecular flexibility index (Phi) is 6.52. The molecular weight excluding hydrogens is 260 g/mol. The summed E-state index contributed by atoms with van der Waals surface area (Å²) in [5.41, 5.74) is 1.36. The summed E-state index contributed by atoms with van der Waals surface area (Å²) < 4.78 is 5.21. The van der Waals surface area contributed by atoms with Crippen molar-refractivity contribution in [2.24, 2.45) is 5.92 Å². The van der Waals surface area contributed by atoms with E-state index in [2.05, 4.69) is 36.3 Å². The highest BCUT2D eigenvalue weighted by Crippen LogP contribution is 2.26. The van der Waals surface area contributed by atoms with Crippen molar-refractivity contribution in [3.8, 4) is 5.75 Å². The first-order valence-electron chi connectivity index (χ1n) is 8.27. The van der Waals surface area contributed by atoms with Gasteiger partial charge in [-0.1, -0.05) is 25.5 Å². The summed E-state index contributed by atoms with van der Waals surface area (Å²) in [6.07, 6.45) is 5.32. The highest BCUT2D eigenvalue weighted by molar-refractivity contribution is 5.27. The second-order valence-corrected chi connectivity index (χ2v) is 6.30. The molecule has 0 radical (unpaired) electrons. The van der Waals surface area contributed by atoms with E-state index in [1.807, 2.05) is 12.1 Å². The van der Waals surface area contributed by atoms with Gasteiger partial charge in [0.15, 0.2) is 0 Å². The van der Waals surface area contributed by atoms with Crippen molar-refractivity contribution < 1.29 is 4.74 Å². The minimum absolute atomic E-state index is 0.725. The van der Waals surface area contributed by atoms with Crippen LogP contribution in [0.25, 0.3) is 0 Å². The molecule has 3 nitrogen and oxygen atoms in total. The van der Waals surface area contributed by atoms with Crippen LogP contribution in [0.5, 0.6) is 5.75 Å². The standard InChI is InChI=1S/C18H30N2O/c1-4-12-19-18-7-5-6-16(18)14-20(2)13-15-8-10-17(21-3)11-9-15/h8-11,16,18-19H,4-7,12-14H2,1-3H3. The third kappa shape index (κ3) is 5.01. The van der Waals surface area contributed by atoms with Crippen molar-refractivity contribution in [1.29, 1.82) is 0 Å². The molecule has 0 saturated heterocycles. The lowest BCUT2D eigenvalue weighted by Gasteiger charge is -2.26. The van der Waals surface area contributed by atoms with Crippen molar-refractivity contribution in [3.63, 3.8) is 0 Å². The van der Waals surface area contributed by atoms with Crippen LogP contribution in [-0.2, 0) is 6.54 Å². The van der Waals surface area contributed by atoms with Crippen molar-refractivity contribution in [3.05, 3.63) is 29.8 Å². The molecule has 2 atom stereocenters. The monoisotopic (exact) mass is 290 g/mol. The van der Waals surface area contributed by atoms with Gasteiger partial charge in [0.2, 0.25) is 0 Å². The second kappa shape index (κ2) is 8.40. The molecule has 0 bridgehead atoms. The predicted molar refractivity (Wildman–Crippen MR) is 88.8 cm³/mol. The van der Waals surface area contributed by atoms with E-state index in [4.69, 9.17) is 4.74 Å². The number of nitrogens with zero attached hydrogens (tertiary/aromatic N) is 1. The molecule has 1 N–H and O–H groups in total. The summed E-state index contributed by atoms with van der Waals surface area (Å²) in [5.74, 6) is 1.74. The van der Waals surface area contributed by atoms with Crippen LogP contribution in [0.4, 0.5) is 0 Å². The molecule has 1 saturated carbocycles. The zero-order chi connectivity index (χ0) is 15.1. The van der Waals surface area contributed by atoms with Gasteiger partial charge in [0.25, 0.3) is 0 Å². The molecule has 1 aliphatic rings. The van der Waals surface area contributed by atoms with Gasteiger partial charge in [-0.2, -0.15) is 0 Å². The first kappa shape index (κ1) is 16.3. The average molecular weight is 290 g/mol. The maximum absolute atomic E-state index is 5.21. The summed E-state index contributed by atoms with van der Waals surface area (Å²) in [6, 6.07) is 9.14. The number of benzene rings is 1. The molecule has 1 aromatic carbocycles. The summed E-state index contributed by atoms with van der Waals surface area (Å²) >= 11 is 0. The largest absolute Gasteiger partial charge is 0.497 e. The van der Waals surface area contributed by atoms with E-state index in [1.54, 1.807) is 7.11 Å². The van der Waals surface area contributed by atoms with Crippen LogP contribution in [0.1, 0.15) is 38.2 Å². The normalized spacial score (nSPS) is 21.9. The molecule has 1 aliphatic carbocycles. The van der Waals surface area contributed by atoms with Gasteiger partial charge in [-0.3, -0.25) is 0 Å². The smallest absolute Gasteiger partial charge is 0.118 e. The summed E-state index contributed by atoms with van der Waals surface area (Å²) in [7, 11) is 3.95. The fourth-order valence-electron chi connectivity index (χ4n) is 3.36. The molecule has 0 aromatic heterocycles. The van der Waals surface area contributed by atoms with Crippen LogP contribution in [0.2, 0.25) is 0 Å². The molecule has 21 heavy (non-hydrogen) atoms. The van der Waals surface area contributed by atoms with Crippen molar-refractivity contribution >= 4 is 0 Å². The van der Waals surface area contributed by atoms with Crippen LogP contribution in [0.3, 0.4) is 0 Å². The Morgan fingerprint density at radius 2 is 2.00 bits per heavy atom. The SMILES string of the molecule is CCCNC1CCCC1CN(C)Cc1ccc(OC)cc1. The van der Waals surface area contributed by atoms with E-state index in [0.29, 0.717) is 0 Å². The molecule has 118 valence electrons. The Balaban J connectivity index is 1.81. The average Bonchev–Trinajstić information content (AvgIpc) is 2.93. The van der Waals surface area contributed by atoms with Gasteiger partial charge in [-0.25, -0.2) is 0 Å². The molecule has 1 aromatic rings. The van der Waals surface area contributed by atoms with E-state index >= 15 is 0 Å². The van der Waals surface area contributed by atoms with E-state index in [0.717, 1.165) is 30.8 Å². The van der Waals surface area contributed by atoms with Crippen molar-refractivity contribution in [1.82, 2.24) is 10.2 Å². The lowest BCUT2D eigenvalue weighted by atomic mass is 10.0. The zero-order valence-electron chi connectivity index (χ0n) is 13.8. The van der Waals surface area contributed by atoms with Crippen molar-refractivity contribution in [2.75, 3.05) is 27.2 Å². The lowest BCUT2D eigenvalue weighted by molar-refractivity contribution is 0.245. The molecule has 3 heteroatoms. The van der Waals surface area contributed by atoms with E-state index in [9.17, 15) is 0 Å². The topological polar surface area (TPSA) is 24.5 Å². The molecular formula is C18H30N2O. The van der Waals surface area contributed by atoms with Gasteiger partial charge in [0.1, 0.15) is 5.75 Å². The number of hydrogen-bond donors (Lipinski definition) is 1. The van der Waals surface area contributed by atoms with Gasteiger partial charge < -0.3 is 15.0 Å². The number of nitrogens with one attached hydrogen (secondary N) is 1. The van der Waals surface area contributed by atoms with E-state index in [-0.39, 0.29) is 0 Å². The van der Waals surface area contributed by atoms with Gasteiger partial charge in [-0.15, -0.1) is 0 Å². The van der Waals surface area contributed by atoms with Crippen molar-refractivity contribution in [2.45, 2.75) is 45.2 Å². The highest BCUT2D eigenvalue weighted by Gasteiger charge is 2.27. The summed E-state index contributed by atoms with van der Waals surface area (Å²) in [5, 5.41) is 3.72. The third-order valence-electron chi connectivity index (χ3n) is 4.47. The minimum Gasteiger partial charge on any atom is -0.497 e. The molecule has 0 amide bonds. The van der Waals surface area contributed by atoms with Crippen LogP contribution in [0, 0.1) is 5.92 Å². The quantitative estimate of drug-likeness (QED) is 0.795. The van der Waals surface area contributed by atoms with Crippen LogP contribution >= 0.6 is 0 Å². The fourth-order valence-corrected chi connectivity index (χ4v) is 3.36. The van der Waals surface area contributed by atoms with Gasteiger partial charge in [-0.05, 0) is 56.5 Å². The Morgan fingerprint density at radius 1 is 1.24 bits per heavy atom. The third-order valence-corrected chi connectivity index (χ3v) is 4.47. The minimum atomic E-state index is 0.725. The maximum Gasteiger partial charge on any atom is 0.118 e. The first-order chi connectivity index (χ1) is 10.2. The number of methoxy groups -OCH3 is 1. The van der Waals surface area contributed by atoms with E-state index < -0.39 is 0 Å². The molecule has 2 rings (SSSR count). The Morgan fingerprint density at radius 3 is 2.67 bits per heavy atom. The molecule has 0 spiro atoms. The molecule has 1 fully saturated rings. The molecule has 0 heterocycles. The second-order valence-electron chi connectivity index (χ2n) is 6.30. The highest BCUT2D eigenvalue weighted by atomic mass is 16.5. The Labute approximate surface area is 129 Å². The Bertz CT molecular complexity index is 404. The van der Waals surface area contributed by atoms with Crippen LogP contribution in [-0.4, -0.2) is 38.2 Å². The Hall–Kier alpha value is -1.06. The van der Waals surface area contributed by atoms with Crippen LogP contribution in [0.15, 0.2) is 24.3 Å². The summed E-state index contributed by atoms with van der Waals surface area (Å²) in [4.78, 5) is 2.46. The van der Waals surface area contributed by atoms with Gasteiger partial charge in [0.05, 0.1) is 7.11 Å². The predicted octanol–water partition coefficient (Wildman–Crippen LogP) is 3.30. The molecule has 0 aliphatic heterocycles. The number of hydrogen-bond acceptors (Lipinski definition) is 3. The van der Waals surface area contributed by atoms with E-state index in [1.165, 1.54) is 37.8 Å². The number of ether oxygens (including phenoxy) is 1. The molecule has 2 unspecified atom stereocenters. The first-order valence-corrected chi connectivity index (χ1v) is 8.27. The summed E-state index contributed by atoms with van der Waals surface area (Å²) in [6.45, 7) is 5.60. The lowest BCUT2D eigenvalue weighted by Crippen LogP contribution is -2.38.